The lowest BCUT2D eigenvalue weighted by Gasteiger charge is -2.22. The molecule has 0 unspecified atom stereocenters. The largest absolute Gasteiger partial charge is 0.337 e. The first-order chi connectivity index (χ1) is 14.4. The summed E-state index contributed by atoms with van der Waals surface area (Å²) in [5, 5.41) is 6.41. The first kappa shape index (κ1) is 20.6. The highest BCUT2D eigenvalue weighted by atomic mass is 32.1. The Morgan fingerprint density at radius 1 is 1.17 bits per heavy atom. The lowest BCUT2D eigenvalue weighted by Crippen LogP contribution is -2.35. The van der Waals surface area contributed by atoms with Gasteiger partial charge >= 0.3 is 0 Å². The molecule has 3 heterocycles. The first-order valence-corrected chi connectivity index (χ1v) is 10.8. The Balaban J connectivity index is 1.52. The fourth-order valence-corrected chi connectivity index (χ4v) is 4.42. The third-order valence-corrected chi connectivity index (χ3v) is 6.02. The third kappa shape index (κ3) is 4.13. The van der Waals surface area contributed by atoms with Crippen LogP contribution in [0.1, 0.15) is 33.9 Å². The molecule has 4 rings (SSSR count). The standard InChI is InChI=1S/C21H23F2N5OS/c1-14-20(15(2)28(25-14)19-5-4-16(22)10-18(19)23)21(29)27-7-3-6-26(8-9-27)11-17-12-30-13-24-17/h4-5,10,12-13H,3,6-9,11H2,1-2H3. The van der Waals surface area contributed by atoms with Crippen LogP contribution in [0.15, 0.2) is 29.1 Å². The second-order valence-corrected chi connectivity index (χ2v) is 8.17. The van der Waals surface area contributed by atoms with Crippen molar-refractivity contribution in [1.29, 1.82) is 0 Å². The van der Waals surface area contributed by atoms with Gasteiger partial charge in [-0.2, -0.15) is 5.10 Å². The van der Waals surface area contributed by atoms with Crippen LogP contribution in [0.5, 0.6) is 0 Å². The summed E-state index contributed by atoms with van der Waals surface area (Å²) in [6, 6.07) is 3.34. The van der Waals surface area contributed by atoms with Crippen molar-refractivity contribution in [2.45, 2.75) is 26.8 Å². The molecule has 6 nitrogen and oxygen atoms in total. The quantitative estimate of drug-likeness (QED) is 0.634. The topological polar surface area (TPSA) is 54.3 Å². The minimum absolute atomic E-state index is 0.103. The van der Waals surface area contributed by atoms with Crippen molar-refractivity contribution in [2.75, 3.05) is 26.2 Å². The number of hydrogen-bond donors (Lipinski definition) is 0. The van der Waals surface area contributed by atoms with E-state index in [0.29, 0.717) is 30.0 Å². The lowest BCUT2D eigenvalue weighted by molar-refractivity contribution is 0.0759. The Bertz CT molecular complexity index is 1050. The number of amides is 1. The molecular weight excluding hydrogens is 408 g/mol. The average molecular weight is 432 g/mol. The Labute approximate surface area is 177 Å². The molecule has 1 aromatic carbocycles. The number of benzene rings is 1. The molecule has 1 amide bonds. The Morgan fingerprint density at radius 3 is 2.73 bits per heavy atom. The Hall–Kier alpha value is -2.65. The SMILES string of the molecule is Cc1nn(-c2ccc(F)cc2F)c(C)c1C(=O)N1CCCN(Cc2cscn2)CC1. The predicted molar refractivity (Wildman–Crippen MR) is 111 cm³/mol. The molecule has 1 aliphatic heterocycles. The maximum Gasteiger partial charge on any atom is 0.257 e. The van der Waals surface area contributed by atoms with Crippen LogP contribution in [0.2, 0.25) is 0 Å². The summed E-state index contributed by atoms with van der Waals surface area (Å²) < 4.78 is 28.9. The maximum atomic E-state index is 14.3. The maximum absolute atomic E-state index is 14.3. The van der Waals surface area contributed by atoms with Crippen LogP contribution in [0, 0.1) is 25.5 Å². The molecule has 0 aliphatic carbocycles. The molecular formula is C21H23F2N5OS. The first-order valence-electron chi connectivity index (χ1n) is 9.84. The number of nitrogens with zero attached hydrogens (tertiary/aromatic N) is 5. The van der Waals surface area contributed by atoms with Gasteiger partial charge in [0.1, 0.15) is 11.5 Å². The van der Waals surface area contributed by atoms with Crippen LogP contribution in [0.4, 0.5) is 8.78 Å². The summed E-state index contributed by atoms with van der Waals surface area (Å²) in [4.78, 5) is 21.8. The molecule has 0 bridgehead atoms. The van der Waals surface area contributed by atoms with E-state index < -0.39 is 11.6 Å². The molecule has 2 aromatic heterocycles. The van der Waals surface area contributed by atoms with E-state index in [4.69, 9.17) is 0 Å². The van der Waals surface area contributed by atoms with Crippen LogP contribution >= 0.6 is 11.3 Å². The van der Waals surface area contributed by atoms with E-state index in [2.05, 4.69) is 15.0 Å². The van der Waals surface area contributed by atoms with Crippen LogP contribution in [-0.2, 0) is 6.54 Å². The minimum atomic E-state index is -0.716. The van der Waals surface area contributed by atoms with Crippen molar-refractivity contribution in [2.24, 2.45) is 0 Å². The number of carbonyl (C=O) groups excluding carboxylic acids is 1. The molecule has 1 aliphatic rings. The van der Waals surface area contributed by atoms with E-state index >= 15 is 0 Å². The summed E-state index contributed by atoms with van der Waals surface area (Å²) in [5.74, 6) is -1.47. The zero-order chi connectivity index (χ0) is 21.3. The number of aryl methyl sites for hydroxylation is 1. The summed E-state index contributed by atoms with van der Waals surface area (Å²) in [5.41, 5.74) is 4.56. The number of rotatable bonds is 4. The van der Waals surface area contributed by atoms with Crippen molar-refractivity contribution in [3.05, 3.63) is 63.4 Å². The fourth-order valence-electron chi connectivity index (χ4n) is 3.87. The van der Waals surface area contributed by atoms with Gasteiger partial charge in [-0.1, -0.05) is 0 Å². The molecule has 3 aromatic rings. The summed E-state index contributed by atoms with van der Waals surface area (Å²) >= 11 is 1.58. The van der Waals surface area contributed by atoms with Crippen LogP contribution < -0.4 is 0 Å². The van der Waals surface area contributed by atoms with Gasteiger partial charge in [0.2, 0.25) is 0 Å². The third-order valence-electron chi connectivity index (χ3n) is 5.39. The van der Waals surface area contributed by atoms with E-state index in [1.165, 1.54) is 16.8 Å². The number of aromatic nitrogens is 3. The summed E-state index contributed by atoms with van der Waals surface area (Å²) in [6.07, 6.45) is 0.870. The summed E-state index contributed by atoms with van der Waals surface area (Å²) in [6.45, 7) is 7.19. The van der Waals surface area contributed by atoms with E-state index in [9.17, 15) is 13.6 Å². The van der Waals surface area contributed by atoms with E-state index in [1.54, 1.807) is 25.2 Å². The lowest BCUT2D eigenvalue weighted by atomic mass is 10.1. The van der Waals surface area contributed by atoms with Gasteiger partial charge in [-0.15, -0.1) is 11.3 Å². The van der Waals surface area contributed by atoms with Gasteiger partial charge < -0.3 is 4.90 Å². The highest BCUT2D eigenvalue weighted by Crippen LogP contribution is 2.23. The molecule has 0 saturated carbocycles. The van der Waals surface area contributed by atoms with Crippen molar-refractivity contribution >= 4 is 17.2 Å². The molecule has 1 fully saturated rings. The normalized spacial score (nSPS) is 15.4. The van der Waals surface area contributed by atoms with Gasteiger partial charge in [0.25, 0.3) is 5.91 Å². The summed E-state index contributed by atoms with van der Waals surface area (Å²) in [7, 11) is 0. The van der Waals surface area contributed by atoms with Gasteiger partial charge in [-0.3, -0.25) is 9.69 Å². The van der Waals surface area contributed by atoms with Crippen molar-refractivity contribution < 1.29 is 13.6 Å². The molecule has 158 valence electrons. The number of thiazole rings is 1. The van der Waals surface area contributed by atoms with Crippen LogP contribution in [-0.4, -0.2) is 56.7 Å². The molecule has 0 spiro atoms. The molecule has 1 saturated heterocycles. The molecule has 9 heteroatoms. The van der Waals surface area contributed by atoms with Crippen molar-refractivity contribution in [3.8, 4) is 5.69 Å². The van der Waals surface area contributed by atoms with Gasteiger partial charge in [0.05, 0.1) is 28.2 Å². The van der Waals surface area contributed by atoms with Gasteiger partial charge in [-0.05, 0) is 32.4 Å². The smallest absolute Gasteiger partial charge is 0.257 e. The number of carbonyl (C=O) groups is 1. The second kappa shape index (κ2) is 8.61. The Morgan fingerprint density at radius 2 is 2.00 bits per heavy atom. The zero-order valence-electron chi connectivity index (χ0n) is 16.9. The van der Waals surface area contributed by atoms with Crippen LogP contribution in [0.3, 0.4) is 0 Å². The fraction of sp³-hybridized carbons (Fsp3) is 0.381. The number of halogens is 2. The highest BCUT2D eigenvalue weighted by Gasteiger charge is 2.27. The van der Waals surface area contributed by atoms with E-state index in [-0.39, 0.29) is 11.6 Å². The molecule has 30 heavy (non-hydrogen) atoms. The Kier molecular flexibility index (Phi) is 5.92. The van der Waals surface area contributed by atoms with Crippen molar-refractivity contribution in [1.82, 2.24) is 24.6 Å². The number of hydrogen-bond acceptors (Lipinski definition) is 5. The predicted octanol–water partition coefficient (Wildman–Crippen LogP) is 3.57. The monoisotopic (exact) mass is 431 g/mol. The minimum Gasteiger partial charge on any atom is -0.337 e. The highest BCUT2D eigenvalue weighted by molar-refractivity contribution is 7.07. The van der Waals surface area contributed by atoms with Crippen LogP contribution in [0.25, 0.3) is 5.69 Å². The van der Waals surface area contributed by atoms with Gasteiger partial charge in [0.15, 0.2) is 5.82 Å². The average Bonchev–Trinajstić information content (AvgIpc) is 3.23. The van der Waals surface area contributed by atoms with E-state index in [0.717, 1.165) is 37.8 Å². The van der Waals surface area contributed by atoms with Crippen molar-refractivity contribution in [3.63, 3.8) is 0 Å². The second-order valence-electron chi connectivity index (χ2n) is 7.46. The van der Waals surface area contributed by atoms with Gasteiger partial charge in [0, 0.05) is 44.2 Å². The zero-order valence-corrected chi connectivity index (χ0v) is 17.8. The molecule has 0 radical (unpaired) electrons. The molecule has 0 N–H and O–H groups in total. The van der Waals surface area contributed by atoms with E-state index in [1.807, 2.05) is 15.8 Å². The molecule has 0 atom stereocenters. The van der Waals surface area contributed by atoms with Gasteiger partial charge in [-0.25, -0.2) is 18.4 Å².